The third-order valence-corrected chi connectivity index (χ3v) is 3.77. The van der Waals surface area contributed by atoms with Crippen LogP contribution < -0.4 is 15.2 Å². The zero-order valence-corrected chi connectivity index (χ0v) is 18.0. The fraction of sp³-hybridized carbons (Fsp3) is 0.381. The van der Waals surface area contributed by atoms with Gasteiger partial charge >= 0.3 is 5.92 Å². The molecule has 2 rings (SSSR count). The molecule has 1 aromatic carbocycles. The van der Waals surface area contributed by atoms with Gasteiger partial charge in [0.25, 0.3) is 5.91 Å². The molecule has 1 heterocycles. The summed E-state index contributed by atoms with van der Waals surface area (Å²) in [5.74, 6) is -3.01. The van der Waals surface area contributed by atoms with Crippen molar-refractivity contribution in [1.29, 1.82) is 5.26 Å². The monoisotopic (exact) mass is 433 g/mol. The van der Waals surface area contributed by atoms with Crippen LogP contribution in [0, 0.1) is 17.2 Å². The Labute approximate surface area is 179 Å². The fourth-order valence-electron chi connectivity index (χ4n) is 2.04. The van der Waals surface area contributed by atoms with E-state index in [0.717, 1.165) is 6.92 Å². The second-order valence-corrected chi connectivity index (χ2v) is 6.97. The number of benzene rings is 1. The number of rotatable bonds is 7. The molecule has 31 heavy (non-hydrogen) atoms. The van der Waals surface area contributed by atoms with Crippen molar-refractivity contribution in [3.8, 4) is 11.8 Å². The van der Waals surface area contributed by atoms with Crippen LogP contribution in [0.4, 0.5) is 14.6 Å². The van der Waals surface area contributed by atoms with E-state index >= 15 is 0 Å². The predicted octanol–water partition coefficient (Wildman–Crippen LogP) is 3.39. The highest BCUT2D eigenvalue weighted by Crippen LogP contribution is 2.14. The third-order valence-electron chi connectivity index (χ3n) is 3.77. The van der Waals surface area contributed by atoms with Crippen molar-refractivity contribution < 1.29 is 23.1 Å². The van der Waals surface area contributed by atoms with Crippen molar-refractivity contribution in [3.05, 3.63) is 47.9 Å². The van der Waals surface area contributed by atoms with Crippen LogP contribution in [0.3, 0.4) is 0 Å². The first-order valence-electron chi connectivity index (χ1n) is 9.32. The maximum Gasteiger partial charge on any atom is 0.302 e. The molecule has 0 bridgehead atoms. The number of carbonyl (C=O) groups excluding carboxylic acids is 2. The molecular formula is C21H25F2N5O3. The first-order chi connectivity index (χ1) is 14.5. The minimum absolute atomic E-state index is 0.0555. The molecule has 2 aromatic rings. The molecule has 10 heteroatoms. The van der Waals surface area contributed by atoms with Crippen LogP contribution >= 0.6 is 0 Å². The van der Waals surface area contributed by atoms with Gasteiger partial charge in [0.2, 0.25) is 5.82 Å². The first kappa shape index (κ1) is 25.4. The standard InChI is InChI=1S/C17H19N5O2.C4H6F2O/c1-12(2)11-22(16-8-9-19-15(10-18)20-16)21-17(23)13-4-6-14(24-3)7-5-13;1-3(7)4(2,5)6/h4-9,12H,11H2,1-3H3,(H,21,23);1-2H3. The summed E-state index contributed by atoms with van der Waals surface area (Å²) < 4.78 is 28.1. The Balaban J connectivity index is 0.000000592. The van der Waals surface area contributed by atoms with E-state index in [2.05, 4.69) is 15.4 Å². The van der Waals surface area contributed by atoms with Crippen molar-refractivity contribution in [2.75, 3.05) is 18.7 Å². The minimum Gasteiger partial charge on any atom is -0.497 e. The summed E-state index contributed by atoms with van der Waals surface area (Å²) in [4.78, 5) is 30.2. The van der Waals surface area contributed by atoms with E-state index in [9.17, 15) is 18.4 Å². The number of nitrogens with zero attached hydrogens (tertiary/aromatic N) is 4. The van der Waals surface area contributed by atoms with Gasteiger partial charge in [-0.1, -0.05) is 13.8 Å². The van der Waals surface area contributed by atoms with Crippen molar-refractivity contribution in [1.82, 2.24) is 15.4 Å². The smallest absolute Gasteiger partial charge is 0.302 e. The lowest BCUT2D eigenvalue weighted by atomic mass is 10.2. The second-order valence-electron chi connectivity index (χ2n) is 6.97. The van der Waals surface area contributed by atoms with Crippen molar-refractivity contribution >= 4 is 17.5 Å². The normalized spacial score (nSPS) is 10.4. The van der Waals surface area contributed by atoms with Crippen LogP contribution in [0.2, 0.25) is 0 Å². The summed E-state index contributed by atoms with van der Waals surface area (Å²) in [5.41, 5.74) is 3.32. The number of methoxy groups -OCH3 is 1. The zero-order valence-electron chi connectivity index (χ0n) is 18.0. The Morgan fingerprint density at radius 2 is 1.84 bits per heavy atom. The number of ether oxygens (including phenoxy) is 1. The molecule has 8 nitrogen and oxygen atoms in total. The molecule has 166 valence electrons. The lowest BCUT2D eigenvalue weighted by Crippen LogP contribution is -2.45. The highest BCUT2D eigenvalue weighted by atomic mass is 19.3. The maximum absolute atomic E-state index is 12.5. The number of nitriles is 1. The number of hydrogen-bond donors (Lipinski definition) is 1. The fourth-order valence-corrected chi connectivity index (χ4v) is 2.04. The van der Waals surface area contributed by atoms with Gasteiger partial charge in [0.05, 0.1) is 7.11 Å². The summed E-state index contributed by atoms with van der Waals surface area (Å²) >= 11 is 0. The molecule has 0 unspecified atom stereocenters. The van der Waals surface area contributed by atoms with Crippen molar-refractivity contribution in [3.63, 3.8) is 0 Å². The van der Waals surface area contributed by atoms with Crippen LogP contribution in [0.5, 0.6) is 5.75 Å². The van der Waals surface area contributed by atoms with Gasteiger partial charge in [-0.15, -0.1) is 0 Å². The van der Waals surface area contributed by atoms with E-state index in [-0.39, 0.29) is 17.6 Å². The molecule has 0 saturated carbocycles. The Kier molecular flexibility index (Phi) is 9.47. The number of hydrazine groups is 1. The van der Waals surface area contributed by atoms with E-state index in [0.29, 0.717) is 30.6 Å². The van der Waals surface area contributed by atoms with Crippen LogP contribution in [0.25, 0.3) is 0 Å². The Morgan fingerprint density at radius 1 is 1.26 bits per heavy atom. The molecular weight excluding hydrogens is 408 g/mol. The van der Waals surface area contributed by atoms with Crippen LogP contribution in [0.15, 0.2) is 36.5 Å². The first-order valence-corrected chi connectivity index (χ1v) is 9.32. The van der Waals surface area contributed by atoms with Gasteiger partial charge in [-0.25, -0.2) is 4.98 Å². The number of alkyl halides is 2. The molecule has 0 radical (unpaired) electrons. The average Bonchev–Trinajstić information content (AvgIpc) is 2.72. The third kappa shape index (κ3) is 8.74. The molecule has 1 N–H and O–H groups in total. The van der Waals surface area contributed by atoms with Crippen LogP contribution in [0.1, 0.15) is 43.9 Å². The number of hydrogen-bond acceptors (Lipinski definition) is 7. The summed E-state index contributed by atoms with van der Waals surface area (Å²) in [6, 6.07) is 10.4. The lowest BCUT2D eigenvalue weighted by Gasteiger charge is -2.26. The molecule has 0 aliphatic heterocycles. The van der Waals surface area contributed by atoms with Gasteiger partial charge in [-0.2, -0.15) is 19.0 Å². The number of halogens is 2. The van der Waals surface area contributed by atoms with Gasteiger partial charge in [0.15, 0.2) is 11.6 Å². The lowest BCUT2D eigenvalue weighted by molar-refractivity contribution is -0.138. The molecule has 0 atom stereocenters. The Morgan fingerprint density at radius 3 is 2.29 bits per heavy atom. The van der Waals surface area contributed by atoms with Gasteiger partial charge in [0.1, 0.15) is 11.8 Å². The maximum atomic E-state index is 12.5. The molecule has 0 aliphatic rings. The summed E-state index contributed by atoms with van der Waals surface area (Å²) in [5, 5.41) is 10.6. The largest absolute Gasteiger partial charge is 0.497 e. The number of ketones is 1. The number of aromatic nitrogens is 2. The summed E-state index contributed by atoms with van der Waals surface area (Å²) in [7, 11) is 1.57. The van der Waals surface area contributed by atoms with Crippen molar-refractivity contribution in [2.24, 2.45) is 5.92 Å². The second kappa shape index (κ2) is 11.5. The average molecular weight is 433 g/mol. The quantitative estimate of drug-likeness (QED) is 0.667. The number of amides is 1. The molecule has 0 fully saturated rings. The predicted molar refractivity (Wildman–Crippen MR) is 111 cm³/mol. The molecule has 0 saturated heterocycles. The number of Topliss-reactive ketones (excluding diaryl/α,β-unsaturated/α-hetero) is 1. The van der Waals surface area contributed by atoms with E-state index in [4.69, 9.17) is 10.00 Å². The minimum atomic E-state index is -3.14. The number of carbonyl (C=O) groups is 2. The highest BCUT2D eigenvalue weighted by Gasteiger charge is 2.26. The summed E-state index contributed by atoms with van der Waals surface area (Å²) in [6.07, 6.45) is 1.49. The van der Waals surface area contributed by atoms with Crippen LogP contribution in [-0.2, 0) is 4.79 Å². The summed E-state index contributed by atoms with van der Waals surface area (Å²) in [6.45, 7) is 6.04. The molecule has 1 amide bonds. The van der Waals surface area contributed by atoms with Gasteiger partial charge in [0, 0.05) is 38.2 Å². The van der Waals surface area contributed by atoms with Gasteiger partial charge < -0.3 is 4.74 Å². The van der Waals surface area contributed by atoms with Gasteiger partial charge in [-0.05, 0) is 30.2 Å². The van der Waals surface area contributed by atoms with E-state index < -0.39 is 11.7 Å². The molecule has 0 aliphatic carbocycles. The van der Waals surface area contributed by atoms with E-state index in [1.807, 2.05) is 19.9 Å². The van der Waals surface area contributed by atoms with Crippen LogP contribution in [-0.4, -0.2) is 41.2 Å². The molecule has 1 aromatic heterocycles. The number of nitrogens with one attached hydrogen (secondary N) is 1. The highest BCUT2D eigenvalue weighted by molar-refractivity contribution is 5.95. The van der Waals surface area contributed by atoms with Crippen molar-refractivity contribution in [2.45, 2.75) is 33.6 Å². The van der Waals surface area contributed by atoms with E-state index in [1.54, 1.807) is 42.5 Å². The zero-order chi connectivity index (χ0) is 23.6. The topological polar surface area (TPSA) is 108 Å². The van der Waals surface area contributed by atoms with E-state index in [1.165, 1.54) is 6.20 Å². The Hall–Kier alpha value is -3.61. The van der Waals surface area contributed by atoms with Gasteiger partial charge in [-0.3, -0.25) is 20.0 Å². The molecule has 0 spiro atoms. The Bertz CT molecular complexity index is 922. The number of anilines is 1. The SMILES string of the molecule is CC(=O)C(C)(F)F.COc1ccc(C(=O)NN(CC(C)C)c2ccnc(C#N)n2)cc1.